The minimum Gasteiger partial charge on any atom is -0.467 e. The van der Waals surface area contributed by atoms with Crippen LogP contribution in [-0.2, 0) is 9.53 Å². The van der Waals surface area contributed by atoms with Crippen molar-refractivity contribution in [1.82, 2.24) is 5.32 Å². The third-order valence-electron chi connectivity index (χ3n) is 2.80. The highest BCUT2D eigenvalue weighted by Gasteiger charge is 2.31. The van der Waals surface area contributed by atoms with Crippen molar-refractivity contribution < 1.29 is 19.4 Å². The molecule has 0 fully saturated rings. The second kappa shape index (κ2) is 6.89. The molecule has 2 N–H and O–H groups in total. The van der Waals surface area contributed by atoms with Crippen LogP contribution in [0.1, 0.15) is 24.2 Å². The van der Waals surface area contributed by atoms with Gasteiger partial charge in [0.15, 0.2) is 6.04 Å². The quantitative estimate of drug-likeness (QED) is 0.778. The first-order chi connectivity index (χ1) is 8.97. The van der Waals surface area contributed by atoms with Gasteiger partial charge in [0.25, 0.3) is 5.91 Å². The third kappa shape index (κ3) is 4.06. The molecule has 0 heterocycles. The van der Waals surface area contributed by atoms with Crippen LogP contribution in [0.3, 0.4) is 0 Å². The summed E-state index contributed by atoms with van der Waals surface area (Å²) in [6.07, 6.45) is -1.000. The van der Waals surface area contributed by atoms with Gasteiger partial charge in [0, 0.05) is 5.56 Å². The number of nitrogens with one attached hydrogen (secondary N) is 1. The van der Waals surface area contributed by atoms with Gasteiger partial charge in [-0.05, 0) is 18.1 Å². The molecule has 0 radical (unpaired) electrons. The number of aliphatic hydroxyl groups excluding tert-OH is 1. The molecule has 0 aliphatic rings. The van der Waals surface area contributed by atoms with Crippen molar-refractivity contribution in [2.75, 3.05) is 7.11 Å². The standard InChI is InChI=1S/C14H19NO4/c1-9(2)12(16)11(14(18)19-3)15-13(17)10-7-5-4-6-8-10/h4-9,11-12,16H,1-3H3,(H,15,17)/t11-,12-/m1/s1. The largest absolute Gasteiger partial charge is 0.467 e. The molecule has 0 aromatic heterocycles. The van der Waals surface area contributed by atoms with E-state index in [1.807, 2.05) is 0 Å². The number of aliphatic hydroxyl groups is 1. The number of esters is 1. The lowest BCUT2D eigenvalue weighted by molar-refractivity contribution is -0.146. The molecule has 5 heteroatoms. The van der Waals surface area contributed by atoms with Crippen LogP contribution >= 0.6 is 0 Å². The molecule has 104 valence electrons. The van der Waals surface area contributed by atoms with Gasteiger partial charge in [0.1, 0.15) is 0 Å². The molecule has 0 aliphatic carbocycles. The molecule has 0 saturated carbocycles. The van der Waals surface area contributed by atoms with Crippen LogP contribution in [0.4, 0.5) is 0 Å². The summed E-state index contributed by atoms with van der Waals surface area (Å²) < 4.78 is 4.61. The Hall–Kier alpha value is -1.88. The molecule has 0 saturated heterocycles. The lowest BCUT2D eigenvalue weighted by atomic mass is 9.99. The van der Waals surface area contributed by atoms with Gasteiger partial charge < -0.3 is 15.2 Å². The van der Waals surface area contributed by atoms with Crippen LogP contribution in [-0.4, -0.2) is 36.2 Å². The highest BCUT2D eigenvalue weighted by molar-refractivity contribution is 5.96. The van der Waals surface area contributed by atoms with E-state index in [4.69, 9.17) is 0 Å². The summed E-state index contributed by atoms with van der Waals surface area (Å²) in [6.45, 7) is 3.52. The van der Waals surface area contributed by atoms with Crippen LogP contribution in [0, 0.1) is 5.92 Å². The van der Waals surface area contributed by atoms with Gasteiger partial charge in [-0.15, -0.1) is 0 Å². The van der Waals surface area contributed by atoms with Crippen molar-refractivity contribution in [3.05, 3.63) is 35.9 Å². The maximum Gasteiger partial charge on any atom is 0.331 e. The van der Waals surface area contributed by atoms with E-state index < -0.39 is 24.0 Å². The normalized spacial score (nSPS) is 13.7. The summed E-state index contributed by atoms with van der Waals surface area (Å²) in [5, 5.41) is 12.5. The first kappa shape index (κ1) is 15.2. The van der Waals surface area contributed by atoms with Gasteiger partial charge in [-0.2, -0.15) is 0 Å². The predicted molar refractivity (Wildman–Crippen MR) is 70.6 cm³/mol. The fourth-order valence-corrected chi connectivity index (χ4v) is 1.61. The van der Waals surface area contributed by atoms with E-state index in [9.17, 15) is 14.7 Å². The van der Waals surface area contributed by atoms with Gasteiger partial charge in [0.2, 0.25) is 0 Å². The Bertz CT molecular complexity index is 430. The molecule has 0 spiro atoms. The van der Waals surface area contributed by atoms with Crippen molar-refractivity contribution in [1.29, 1.82) is 0 Å². The zero-order valence-electron chi connectivity index (χ0n) is 11.3. The fourth-order valence-electron chi connectivity index (χ4n) is 1.61. The molecule has 1 aromatic rings. The minimum absolute atomic E-state index is 0.180. The second-order valence-corrected chi connectivity index (χ2v) is 4.57. The maximum absolute atomic E-state index is 12.0. The Balaban J connectivity index is 2.84. The number of ether oxygens (including phenoxy) is 1. The van der Waals surface area contributed by atoms with Crippen molar-refractivity contribution in [2.24, 2.45) is 5.92 Å². The Morgan fingerprint density at radius 3 is 2.26 bits per heavy atom. The van der Waals surface area contributed by atoms with E-state index >= 15 is 0 Å². The van der Waals surface area contributed by atoms with Crippen LogP contribution in [0.25, 0.3) is 0 Å². The number of hydrogen-bond acceptors (Lipinski definition) is 4. The van der Waals surface area contributed by atoms with E-state index in [1.165, 1.54) is 7.11 Å². The summed E-state index contributed by atoms with van der Waals surface area (Å²) >= 11 is 0. The molecule has 1 rings (SSSR count). The average molecular weight is 265 g/mol. The molecule has 1 aromatic carbocycles. The number of hydrogen-bond donors (Lipinski definition) is 2. The van der Waals surface area contributed by atoms with E-state index in [2.05, 4.69) is 10.1 Å². The summed E-state index contributed by atoms with van der Waals surface area (Å²) in [4.78, 5) is 23.6. The molecule has 5 nitrogen and oxygen atoms in total. The van der Waals surface area contributed by atoms with Crippen LogP contribution in [0.2, 0.25) is 0 Å². The Kier molecular flexibility index (Phi) is 5.51. The maximum atomic E-state index is 12.0. The van der Waals surface area contributed by atoms with Gasteiger partial charge in [0.05, 0.1) is 13.2 Å². The molecule has 0 aliphatic heterocycles. The lowest BCUT2D eigenvalue weighted by Gasteiger charge is -2.24. The first-order valence-corrected chi connectivity index (χ1v) is 6.09. The number of benzene rings is 1. The van der Waals surface area contributed by atoms with Gasteiger partial charge >= 0.3 is 5.97 Å². The molecule has 2 atom stereocenters. The Morgan fingerprint density at radius 2 is 1.79 bits per heavy atom. The zero-order chi connectivity index (χ0) is 14.4. The number of amides is 1. The topological polar surface area (TPSA) is 75.6 Å². The minimum atomic E-state index is -1.07. The summed E-state index contributed by atoms with van der Waals surface area (Å²) in [6, 6.07) is 7.42. The van der Waals surface area contributed by atoms with Crippen LogP contribution < -0.4 is 5.32 Å². The van der Waals surface area contributed by atoms with E-state index in [1.54, 1.807) is 44.2 Å². The SMILES string of the molecule is COC(=O)[C@H](NC(=O)c1ccccc1)[C@H](O)C(C)C. The number of carbonyl (C=O) groups is 2. The van der Waals surface area contributed by atoms with E-state index in [0.717, 1.165) is 0 Å². The molecule has 1 amide bonds. The molecule has 19 heavy (non-hydrogen) atoms. The first-order valence-electron chi connectivity index (χ1n) is 6.09. The van der Waals surface area contributed by atoms with Crippen LogP contribution in [0.15, 0.2) is 30.3 Å². The second-order valence-electron chi connectivity index (χ2n) is 4.57. The lowest BCUT2D eigenvalue weighted by Crippen LogP contribution is -2.51. The Morgan fingerprint density at radius 1 is 1.21 bits per heavy atom. The monoisotopic (exact) mass is 265 g/mol. The molecular weight excluding hydrogens is 246 g/mol. The van der Waals surface area contributed by atoms with Crippen molar-refractivity contribution in [3.63, 3.8) is 0 Å². The van der Waals surface area contributed by atoms with Gasteiger partial charge in [-0.3, -0.25) is 4.79 Å². The van der Waals surface area contributed by atoms with Crippen LogP contribution in [0.5, 0.6) is 0 Å². The molecule has 0 bridgehead atoms. The number of carbonyl (C=O) groups excluding carboxylic acids is 2. The predicted octanol–water partition coefficient (Wildman–Crippen LogP) is 0.975. The van der Waals surface area contributed by atoms with Gasteiger partial charge in [-0.1, -0.05) is 32.0 Å². The van der Waals surface area contributed by atoms with E-state index in [0.29, 0.717) is 5.56 Å². The zero-order valence-corrected chi connectivity index (χ0v) is 11.3. The van der Waals surface area contributed by atoms with E-state index in [-0.39, 0.29) is 5.92 Å². The molecular formula is C14H19NO4. The average Bonchev–Trinajstić information content (AvgIpc) is 2.43. The van der Waals surface area contributed by atoms with Gasteiger partial charge in [-0.25, -0.2) is 4.79 Å². The summed E-state index contributed by atoms with van der Waals surface area (Å²) in [5.74, 6) is -1.26. The smallest absolute Gasteiger partial charge is 0.331 e. The van der Waals surface area contributed by atoms with Crippen molar-refractivity contribution in [2.45, 2.75) is 26.0 Å². The number of methoxy groups -OCH3 is 1. The third-order valence-corrected chi connectivity index (χ3v) is 2.80. The highest BCUT2D eigenvalue weighted by atomic mass is 16.5. The van der Waals surface area contributed by atoms with Crippen molar-refractivity contribution in [3.8, 4) is 0 Å². The summed E-state index contributed by atoms with van der Waals surface area (Å²) in [5.41, 5.74) is 0.423. The summed E-state index contributed by atoms with van der Waals surface area (Å²) in [7, 11) is 1.22. The molecule has 0 unspecified atom stereocenters. The highest BCUT2D eigenvalue weighted by Crippen LogP contribution is 2.09. The van der Waals surface area contributed by atoms with Crippen molar-refractivity contribution >= 4 is 11.9 Å². The Labute approximate surface area is 112 Å². The fraction of sp³-hybridized carbons (Fsp3) is 0.429. The number of rotatable bonds is 5.